The minimum atomic E-state index is 0.861. The quantitative estimate of drug-likeness (QED) is 0.181. The summed E-state index contributed by atoms with van der Waals surface area (Å²) in [5.41, 5.74) is 11.2. The van der Waals surface area contributed by atoms with E-state index in [1.807, 2.05) is 35.6 Å². The van der Waals surface area contributed by atoms with Gasteiger partial charge in [-0.15, -0.1) is 11.3 Å². The second kappa shape index (κ2) is 11.5. The molecule has 244 valence electrons. The first-order valence-corrected chi connectivity index (χ1v) is 18.3. The fourth-order valence-electron chi connectivity index (χ4n) is 7.80. The first-order valence-electron chi connectivity index (χ1n) is 17.5. The van der Waals surface area contributed by atoms with Crippen LogP contribution >= 0.6 is 11.3 Å². The van der Waals surface area contributed by atoms with Crippen molar-refractivity contribution < 1.29 is 8.83 Å². The standard InChI is InChI=1S/C48H29NO2S/c1-4-16-43-37(11-1)39-25-24-35(29-45(39)50-43)49(33-22-19-30(20-23-33)31-21-26-47-42(28-31)40-13-3-6-18-46(40)52-47)34-10-7-9-32(27-34)36-14-8-15-41-38-12-2-5-17-44(38)51-48(36)41/h1-29H. The normalized spacial score (nSPS) is 11.8. The third kappa shape index (κ3) is 4.58. The van der Waals surface area contributed by atoms with Crippen LogP contribution in [0.1, 0.15) is 0 Å². The Kier molecular flexibility index (Phi) is 6.42. The van der Waals surface area contributed by atoms with Crippen LogP contribution in [0.5, 0.6) is 0 Å². The van der Waals surface area contributed by atoms with Crippen LogP contribution in [0.2, 0.25) is 0 Å². The van der Waals surface area contributed by atoms with Crippen molar-refractivity contribution in [2.75, 3.05) is 4.90 Å². The molecular formula is C48H29NO2S. The zero-order valence-electron chi connectivity index (χ0n) is 27.9. The molecule has 0 aliphatic heterocycles. The zero-order valence-corrected chi connectivity index (χ0v) is 28.7. The highest BCUT2D eigenvalue weighted by molar-refractivity contribution is 7.25. The largest absolute Gasteiger partial charge is 0.456 e. The lowest BCUT2D eigenvalue weighted by molar-refractivity contribution is 0.669. The molecule has 0 bridgehead atoms. The molecule has 0 aliphatic carbocycles. The lowest BCUT2D eigenvalue weighted by Crippen LogP contribution is -2.10. The van der Waals surface area contributed by atoms with Crippen LogP contribution in [0.3, 0.4) is 0 Å². The van der Waals surface area contributed by atoms with E-state index in [1.54, 1.807) is 0 Å². The Balaban J connectivity index is 1.05. The summed E-state index contributed by atoms with van der Waals surface area (Å²) >= 11 is 1.85. The average Bonchev–Trinajstić information content (AvgIpc) is 3.89. The minimum absolute atomic E-state index is 0.861. The van der Waals surface area contributed by atoms with Crippen LogP contribution in [-0.4, -0.2) is 0 Å². The van der Waals surface area contributed by atoms with Crippen molar-refractivity contribution in [2.45, 2.75) is 0 Å². The fraction of sp³-hybridized carbons (Fsp3) is 0. The van der Waals surface area contributed by atoms with Crippen molar-refractivity contribution in [1.82, 2.24) is 0 Å². The van der Waals surface area contributed by atoms with Crippen molar-refractivity contribution >= 4 is 92.4 Å². The van der Waals surface area contributed by atoms with E-state index < -0.39 is 0 Å². The van der Waals surface area contributed by atoms with Gasteiger partial charge in [0.25, 0.3) is 0 Å². The molecule has 0 atom stereocenters. The maximum atomic E-state index is 6.46. The van der Waals surface area contributed by atoms with Gasteiger partial charge in [0.1, 0.15) is 22.3 Å². The molecule has 0 aliphatic rings. The van der Waals surface area contributed by atoms with E-state index in [2.05, 4.69) is 157 Å². The summed E-state index contributed by atoms with van der Waals surface area (Å²) in [5.74, 6) is 0. The highest BCUT2D eigenvalue weighted by Gasteiger charge is 2.18. The molecule has 0 spiro atoms. The Morgan fingerprint density at radius 3 is 1.85 bits per heavy atom. The molecule has 0 unspecified atom stereocenters. The van der Waals surface area contributed by atoms with Crippen molar-refractivity contribution in [2.24, 2.45) is 0 Å². The summed E-state index contributed by atoms with van der Waals surface area (Å²) in [6.07, 6.45) is 0. The van der Waals surface area contributed by atoms with Gasteiger partial charge in [0.2, 0.25) is 0 Å². The number of rotatable bonds is 5. The van der Waals surface area contributed by atoms with Gasteiger partial charge in [-0.3, -0.25) is 0 Å². The van der Waals surface area contributed by atoms with E-state index in [4.69, 9.17) is 8.83 Å². The van der Waals surface area contributed by atoms with Gasteiger partial charge in [-0.2, -0.15) is 0 Å². The van der Waals surface area contributed by atoms with Gasteiger partial charge in [-0.05, 0) is 83.4 Å². The van der Waals surface area contributed by atoms with Crippen molar-refractivity contribution in [1.29, 1.82) is 0 Å². The smallest absolute Gasteiger partial charge is 0.143 e. The lowest BCUT2D eigenvalue weighted by atomic mass is 10.0. The molecule has 52 heavy (non-hydrogen) atoms. The highest BCUT2D eigenvalue weighted by Crippen LogP contribution is 2.43. The number of hydrogen-bond donors (Lipinski definition) is 0. The minimum Gasteiger partial charge on any atom is -0.456 e. The van der Waals surface area contributed by atoms with Crippen molar-refractivity contribution in [3.63, 3.8) is 0 Å². The molecule has 11 rings (SSSR count). The molecular weight excluding hydrogens is 655 g/mol. The van der Waals surface area contributed by atoms with Crippen LogP contribution in [0.4, 0.5) is 17.1 Å². The molecule has 0 amide bonds. The van der Waals surface area contributed by atoms with E-state index in [0.29, 0.717) is 0 Å². The number of fused-ring (bicyclic) bond motifs is 9. The predicted octanol–water partition coefficient (Wildman–Crippen LogP) is 14.7. The van der Waals surface area contributed by atoms with Gasteiger partial charge in [0, 0.05) is 70.4 Å². The topological polar surface area (TPSA) is 29.5 Å². The van der Waals surface area contributed by atoms with E-state index in [9.17, 15) is 0 Å². The van der Waals surface area contributed by atoms with Crippen molar-refractivity contribution in [3.8, 4) is 22.3 Å². The molecule has 0 saturated carbocycles. The number of thiophene rings is 1. The molecule has 8 aromatic carbocycles. The monoisotopic (exact) mass is 683 g/mol. The zero-order chi connectivity index (χ0) is 34.2. The summed E-state index contributed by atoms with van der Waals surface area (Å²) in [4.78, 5) is 2.31. The molecule has 3 heterocycles. The predicted molar refractivity (Wildman–Crippen MR) is 219 cm³/mol. The van der Waals surface area contributed by atoms with E-state index in [0.717, 1.165) is 72.1 Å². The van der Waals surface area contributed by atoms with Crippen molar-refractivity contribution in [3.05, 3.63) is 176 Å². The van der Waals surface area contributed by atoms with Gasteiger partial charge in [0.05, 0.1) is 0 Å². The fourth-order valence-corrected chi connectivity index (χ4v) is 8.88. The number of para-hydroxylation sites is 3. The number of anilines is 3. The number of benzene rings is 8. The van der Waals surface area contributed by atoms with E-state index in [1.165, 1.54) is 31.3 Å². The Morgan fingerprint density at radius 1 is 0.346 bits per heavy atom. The molecule has 11 aromatic rings. The van der Waals surface area contributed by atoms with E-state index in [-0.39, 0.29) is 0 Å². The molecule has 0 N–H and O–H groups in total. The number of hydrogen-bond acceptors (Lipinski definition) is 4. The SMILES string of the molecule is c1cc(-c2cccc3c2oc2ccccc23)cc(N(c2ccc(-c3ccc4sc5ccccc5c4c3)cc2)c2ccc3c(c2)oc2ccccc23)c1. The molecule has 3 nitrogen and oxygen atoms in total. The summed E-state index contributed by atoms with van der Waals surface area (Å²) in [6.45, 7) is 0. The molecule has 0 saturated heterocycles. The molecule has 0 fully saturated rings. The maximum absolute atomic E-state index is 6.46. The molecule has 4 heteroatoms. The Hall–Kier alpha value is -6.62. The first-order chi connectivity index (χ1) is 25.7. The van der Waals surface area contributed by atoms with Gasteiger partial charge < -0.3 is 13.7 Å². The Morgan fingerprint density at radius 2 is 0.981 bits per heavy atom. The second-order valence-corrected chi connectivity index (χ2v) is 14.4. The third-order valence-electron chi connectivity index (χ3n) is 10.3. The van der Waals surface area contributed by atoms with Crippen LogP contribution < -0.4 is 4.90 Å². The van der Waals surface area contributed by atoms with Gasteiger partial charge >= 0.3 is 0 Å². The molecule has 3 aromatic heterocycles. The summed E-state index contributed by atoms with van der Waals surface area (Å²) in [6, 6.07) is 62.6. The summed E-state index contributed by atoms with van der Waals surface area (Å²) in [5, 5.41) is 7.09. The van der Waals surface area contributed by atoms with Gasteiger partial charge in [-0.1, -0.05) is 103 Å². The second-order valence-electron chi connectivity index (χ2n) is 13.3. The van der Waals surface area contributed by atoms with Gasteiger partial charge in [-0.25, -0.2) is 0 Å². The summed E-state index contributed by atoms with van der Waals surface area (Å²) < 4.78 is 15.5. The highest BCUT2D eigenvalue weighted by atomic mass is 32.1. The Labute approximate surface area is 303 Å². The number of furan rings is 2. The Bertz CT molecular complexity index is 3150. The van der Waals surface area contributed by atoms with Gasteiger partial charge in [0.15, 0.2) is 0 Å². The van der Waals surface area contributed by atoms with Crippen LogP contribution in [0, 0.1) is 0 Å². The first kappa shape index (κ1) is 29.1. The third-order valence-corrected chi connectivity index (χ3v) is 11.4. The lowest BCUT2D eigenvalue weighted by Gasteiger charge is -2.26. The summed E-state index contributed by atoms with van der Waals surface area (Å²) in [7, 11) is 0. The van der Waals surface area contributed by atoms with E-state index >= 15 is 0 Å². The van der Waals surface area contributed by atoms with Crippen LogP contribution in [0.15, 0.2) is 185 Å². The maximum Gasteiger partial charge on any atom is 0.143 e. The molecule has 0 radical (unpaired) electrons. The number of nitrogens with zero attached hydrogens (tertiary/aromatic N) is 1. The van der Waals surface area contributed by atoms with Crippen LogP contribution in [-0.2, 0) is 0 Å². The average molecular weight is 684 g/mol. The van der Waals surface area contributed by atoms with Crippen LogP contribution in [0.25, 0.3) is 86.3 Å².